The Morgan fingerprint density at radius 1 is 1.19 bits per heavy atom. The highest BCUT2D eigenvalue weighted by molar-refractivity contribution is 4.95. The van der Waals surface area contributed by atoms with Gasteiger partial charge < -0.3 is 14.6 Å². The van der Waals surface area contributed by atoms with Crippen molar-refractivity contribution in [3.8, 4) is 0 Å². The van der Waals surface area contributed by atoms with Crippen molar-refractivity contribution >= 4 is 0 Å². The first-order valence-corrected chi connectivity index (χ1v) is 8.84. The van der Waals surface area contributed by atoms with Crippen LogP contribution in [0.2, 0.25) is 0 Å². The molecule has 0 radical (unpaired) electrons. The van der Waals surface area contributed by atoms with Gasteiger partial charge in [0.15, 0.2) is 0 Å². The van der Waals surface area contributed by atoms with Gasteiger partial charge in [-0.3, -0.25) is 4.90 Å². The Morgan fingerprint density at radius 2 is 2.00 bits per heavy atom. The van der Waals surface area contributed by atoms with E-state index in [9.17, 15) is 5.11 Å². The molecule has 0 amide bonds. The lowest BCUT2D eigenvalue weighted by molar-refractivity contribution is -0.156. The molecule has 4 heteroatoms. The monoisotopic (exact) mass is 297 g/mol. The van der Waals surface area contributed by atoms with Crippen LogP contribution >= 0.6 is 0 Å². The number of rotatable bonds is 3. The molecule has 1 N–H and O–H groups in total. The average molecular weight is 297 g/mol. The number of piperidine rings is 1. The van der Waals surface area contributed by atoms with Crippen LogP contribution in [0, 0.1) is 0 Å². The van der Waals surface area contributed by atoms with Crippen molar-refractivity contribution in [2.24, 2.45) is 0 Å². The third-order valence-corrected chi connectivity index (χ3v) is 5.63. The zero-order chi connectivity index (χ0) is 14.7. The van der Waals surface area contributed by atoms with E-state index in [1.807, 2.05) is 6.92 Å². The predicted octanol–water partition coefficient (Wildman–Crippen LogP) is 2.34. The highest BCUT2D eigenvalue weighted by atomic mass is 16.5. The lowest BCUT2D eigenvalue weighted by Gasteiger charge is -2.49. The Morgan fingerprint density at radius 3 is 2.76 bits per heavy atom. The largest absolute Gasteiger partial charge is 0.393 e. The molecule has 4 nitrogen and oxygen atoms in total. The third kappa shape index (κ3) is 3.79. The van der Waals surface area contributed by atoms with E-state index in [2.05, 4.69) is 4.90 Å². The maximum Gasteiger partial charge on any atom is 0.0741 e. The molecule has 1 spiro atoms. The first kappa shape index (κ1) is 15.7. The molecule has 122 valence electrons. The van der Waals surface area contributed by atoms with Crippen LogP contribution in [0.1, 0.15) is 58.3 Å². The molecular formula is C17H31NO3. The smallest absolute Gasteiger partial charge is 0.0741 e. The summed E-state index contributed by atoms with van der Waals surface area (Å²) < 4.78 is 11.7. The van der Waals surface area contributed by atoms with E-state index < -0.39 is 0 Å². The summed E-state index contributed by atoms with van der Waals surface area (Å²) in [5, 5.41) is 9.80. The van der Waals surface area contributed by atoms with Crippen LogP contribution in [-0.4, -0.2) is 60.2 Å². The molecule has 3 aliphatic rings. The third-order valence-electron chi connectivity index (χ3n) is 5.63. The molecule has 3 fully saturated rings. The summed E-state index contributed by atoms with van der Waals surface area (Å²) in [6.45, 7) is 5.72. The molecule has 0 bridgehead atoms. The quantitative estimate of drug-likeness (QED) is 0.868. The predicted molar refractivity (Wildman–Crippen MR) is 82.4 cm³/mol. The Kier molecular flexibility index (Phi) is 5.20. The van der Waals surface area contributed by atoms with Crippen molar-refractivity contribution in [2.45, 2.75) is 82.1 Å². The number of aliphatic hydroxyl groups is 1. The Balaban J connectivity index is 1.65. The first-order chi connectivity index (χ1) is 10.2. The number of aliphatic hydroxyl groups excluding tert-OH is 1. The minimum absolute atomic E-state index is 0.0774. The van der Waals surface area contributed by atoms with E-state index in [4.69, 9.17) is 9.47 Å². The SMILES string of the molecule is CC(O)CC1CCCCN1C1CCOC2(CCOCC2)C1. The van der Waals surface area contributed by atoms with Crippen molar-refractivity contribution in [1.82, 2.24) is 4.90 Å². The Labute approximate surface area is 128 Å². The fourth-order valence-corrected chi connectivity index (χ4v) is 4.53. The van der Waals surface area contributed by atoms with Gasteiger partial charge in [0.25, 0.3) is 0 Å². The van der Waals surface area contributed by atoms with Gasteiger partial charge >= 0.3 is 0 Å². The molecule has 3 heterocycles. The maximum atomic E-state index is 9.80. The van der Waals surface area contributed by atoms with Crippen LogP contribution in [0.25, 0.3) is 0 Å². The molecule has 3 saturated heterocycles. The van der Waals surface area contributed by atoms with Gasteiger partial charge in [-0.1, -0.05) is 6.42 Å². The van der Waals surface area contributed by atoms with Gasteiger partial charge in [0, 0.05) is 31.9 Å². The van der Waals surface area contributed by atoms with E-state index >= 15 is 0 Å². The van der Waals surface area contributed by atoms with Gasteiger partial charge in [-0.2, -0.15) is 0 Å². The fraction of sp³-hybridized carbons (Fsp3) is 1.00. The molecule has 3 unspecified atom stereocenters. The van der Waals surface area contributed by atoms with Crippen molar-refractivity contribution in [3.63, 3.8) is 0 Å². The van der Waals surface area contributed by atoms with Gasteiger partial charge in [0.1, 0.15) is 0 Å². The van der Waals surface area contributed by atoms with E-state index in [0.29, 0.717) is 12.1 Å². The molecule has 0 aliphatic carbocycles. The van der Waals surface area contributed by atoms with Gasteiger partial charge in [-0.15, -0.1) is 0 Å². The lowest BCUT2D eigenvalue weighted by Crippen LogP contribution is -2.55. The Bertz CT molecular complexity index is 322. The summed E-state index contributed by atoms with van der Waals surface area (Å²) in [5.74, 6) is 0. The maximum absolute atomic E-state index is 9.80. The van der Waals surface area contributed by atoms with Crippen LogP contribution in [0.3, 0.4) is 0 Å². The highest BCUT2D eigenvalue weighted by Crippen LogP contribution is 2.38. The molecular weight excluding hydrogens is 266 g/mol. The fourth-order valence-electron chi connectivity index (χ4n) is 4.53. The van der Waals surface area contributed by atoms with Gasteiger partial charge in [-0.05, 0) is 58.4 Å². The lowest BCUT2D eigenvalue weighted by atomic mass is 9.82. The van der Waals surface area contributed by atoms with E-state index in [1.54, 1.807) is 0 Å². The molecule has 21 heavy (non-hydrogen) atoms. The van der Waals surface area contributed by atoms with Gasteiger partial charge in [0.2, 0.25) is 0 Å². The van der Waals surface area contributed by atoms with Gasteiger partial charge in [0.05, 0.1) is 11.7 Å². The van der Waals surface area contributed by atoms with Crippen molar-refractivity contribution in [1.29, 1.82) is 0 Å². The van der Waals surface area contributed by atoms with Crippen LogP contribution in [-0.2, 0) is 9.47 Å². The molecule has 0 aromatic rings. The van der Waals surface area contributed by atoms with Gasteiger partial charge in [-0.25, -0.2) is 0 Å². The number of likely N-dealkylation sites (tertiary alicyclic amines) is 1. The number of hydrogen-bond acceptors (Lipinski definition) is 4. The highest BCUT2D eigenvalue weighted by Gasteiger charge is 2.42. The van der Waals surface area contributed by atoms with Crippen molar-refractivity contribution in [3.05, 3.63) is 0 Å². The second-order valence-corrected chi connectivity index (χ2v) is 7.26. The standard InChI is InChI=1S/C17H31NO3/c1-14(19)12-15-4-2-3-8-18(15)16-5-9-21-17(13-16)6-10-20-11-7-17/h14-16,19H,2-13H2,1H3. The second-order valence-electron chi connectivity index (χ2n) is 7.26. The summed E-state index contributed by atoms with van der Waals surface area (Å²) in [7, 11) is 0. The summed E-state index contributed by atoms with van der Waals surface area (Å²) >= 11 is 0. The molecule has 0 aromatic carbocycles. The second kappa shape index (κ2) is 6.95. The summed E-state index contributed by atoms with van der Waals surface area (Å²) in [6.07, 6.45) is 9.03. The minimum Gasteiger partial charge on any atom is -0.393 e. The zero-order valence-corrected chi connectivity index (χ0v) is 13.4. The molecule has 3 aliphatic heterocycles. The summed E-state index contributed by atoms with van der Waals surface area (Å²) in [6, 6.07) is 1.21. The zero-order valence-electron chi connectivity index (χ0n) is 13.4. The number of nitrogens with zero attached hydrogens (tertiary/aromatic N) is 1. The normalized spacial score (nSPS) is 35.7. The minimum atomic E-state index is -0.188. The average Bonchev–Trinajstić information content (AvgIpc) is 2.48. The molecule has 3 rings (SSSR count). The first-order valence-electron chi connectivity index (χ1n) is 8.84. The van der Waals surface area contributed by atoms with Crippen LogP contribution in [0.4, 0.5) is 0 Å². The Hall–Kier alpha value is -0.160. The van der Waals surface area contributed by atoms with Crippen molar-refractivity contribution in [2.75, 3.05) is 26.4 Å². The van der Waals surface area contributed by atoms with Crippen LogP contribution in [0.5, 0.6) is 0 Å². The summed E-state index contributed by atoms with van der Waals surface area (Å²) in [5.41, 5.74) is 0.0774. The summed E-state index contributed by atoms with van der Waals surface area (Å²) in [4.78, 5) is 2.70. The molecule has 3 atom stereocenters. The number of hydrogen-bond donors (Lipinski definition) is 1. The van der Waals surface area contributed by atoms with Crippen LogP contribution in [0.15, 0.2) is 0 Å². The van der Waals surface area contributed by atoms with Crippen LogP contribution < -0.4 is 0 Å². The van der Waals surface area contributed by atoms with E-state index in [-0.39, 0.29) is 11.7 Å². The van der Waals surface area contributed by atoms with Crippen molar-refractivity contribution < 1.29 is 14.6 Å². The van der Waals surface area contributed by atoms with E-state index in [0.717, 1.165) is 51.9 Å². The van der Waals surface area contributed by atoms with E-state index in [1.165, 1.54) is 25.8 Å². The molecule has 0 aromatic heterocycles. The number of ether oxygens (including phenoxy) is 2. The molecule has 0 saturated carbocycles. The topological polar surface area (TPSA) is 41.9 Å².